The van der Waals surface area contributed by atoms with Gasteiger partial charge >= 0.3 is 5.97 Å². The standard InChI is InChI=1S/C25H31N5O8/c1-13(25(37)38)28-23(35)20(12-21(27)33)30-24(36)19(11-15-4-8-17(32)9-5-15)29-22(34)18(26)10-14-2-6-16(31)7-3-14/h2-9,13,18-20,31-32H,10-12,26H2,1H3,(H2,27,33)(H,28,35)(H,29,34)(H,30,36)(H,37,38). The number of nitrogens with two attached hydrogens (primary N) is 2. The number of carboxylic acid groups (broad SMARTS) is 1. The van der Waals surface area contributed by atoms with Gasteiger partial charge in [0, 0.05) is 6.42 Å². The maximum atomic E-state index is 13.2. The van der Waals surface area contributed by atoms with Gasteiger partial charge in [-0.05, 0) is 48.7 Å². The van der Waals surface area contributed by atoms with Crippen molar-refractivity contribution in [1.29, 1.82) is 0 Å². The molecule has 204 valence electrons. The molecule has 2 aromatic rings. The normalized spacial score (nSPS) is 13.8. The molecule has 4 unspecified atom stereocenters. The van der Waals surface area contributed by atoms with Gasteiger partial charge in [0.2, 0.25) is 23.6 Å². The van der Waals surface area contributed by atoms with E-state index in [1.165, 1.54) is 43.3 Å². The Labute approximate surface area is 218 Å². The molecule has 13 nitrogen and oxygen atoms in total. The van der Waals surface area contributed by atoms with Gasteiger partial charge in [-0.1, -0.05) is 24.3 Å². The minimum absolute atomic E-state index is 0.0135. The summed E-state index contributed by atoms with van der Waals surface area (Å²) in [5.74, 6) is -4.72. The average Bonchev–Trinajstić information content (AvgIpc) is 2.85. The van der Waals surface area contributed by atoms with E-state index in [2.05, 4.69) is 16.0 Å². The van der Waals surface area contributed by atoms with Crippen LogP contribution in [-0.4, -0.2) is 69.1 Å². The summed E-state index contributed by atoms with van der Waals surface area (Å²) in [5, 5.41) is 35.0. The molecule has 0 fully saturated rings. The monoisotopic (exact) mass is 529 g/mol. The summed E-state index contributed by atoms with van der Waals surface area (Å²) < 4.78 is 0. The molecule has 4 atom stereocenters. The van der Waals surface area contributed by atoms with Gasteiger partial charge in [0.05, 0.1) is 12.5 Å². The Hall–Kier alpha value is -4.65. The molecule has 0 aliphatic heterocycles. The van der Waals surface area contributed by atoms with Crippen molar-refractivity contribution in [1.82, 2.24) is 16.0 Å². The highest BCUT2D eigenvalue weighted by Gasteiger charge is 2.30. The molecule has 0 radical (unpaired) electrons. The first-order valence-electron chi connectivity index (χ1n) is 11.6. The molecule has 0 saturated heterocycles. The van der Waals surface area contributed by atoms with E-state index < -0.39 is 60.2 Å². The van der Waals surface area contributed by atoms with Crippen LogP contribution < -0.4 is 27.4 Å². The second-order valence-corrected chi connectivity index (χ2v) is 8.71. The van der Waals surface area contributed by atoms with E-state index in [1.807, 2.05) is 0 Å². The van der Waals surface area contributed by atoms with Gasteiger partial charge in [-0.15, -0.1) is 0 Å². The molecule has 0 aliphatic carbocycles. The van der Waals surface area contributed by atoms with Gasteiger partial charge in [-0.25, -0.2) is 0 Å². The van der Waals surface area contributed by atoms with Crippen LogP contribution in [0.15, 0.2) is 48.5 Å². The molecule has 0 aromatic heterocycles. The predicted molar refractivity (Wildman–Crippen MR) is 135 cm³/mol. The maximum absolute atomic E-state index is 13.2. The van der Waals surface area contributed by atoms with E-state index in [9.17, 15) is 34.2 Å². The summed E-state index contributed by atoms with van der Waals surface area (Å²) in [5.41, 5.74) is 12.4. The van der Waals surface area contributed by atoms with Crippen LogP contribution in [0.3, 0.4) is 0 Å². The number of primary amides is 1. The van der Waals surface area contributed by atoms with E-state index in [0.29, 0.717) is 11.1 Å². The summed E-state index contributed by atoms with van der Waals surface area (Å²) in [6, 6.07) is 6.74. The number of aliphatic carboxylic acids is 1. The van der Waals surface area contributed by atoms with Crippen LogP contribution in [0.25, 0.3) is 0 Å². The van der Waals surface area contributed by atoms with Crippen molar-refractivity contribution in [3.63, 3.8) is 0 Å². The number of carboxylic acids is 1. The second kappa shape index (κ2) is 13.6. The van der Waals surface area contributed by atoms with Crippen molar-refractivity contribution in [3.05, 3.63) is 59.7 Å². The lowest BCUT2D eigenvalue weighted by molar-refractivity contribution is -0.142. The molecule has 0 saturated carbocycles. The number of aromatic hydroxyl groups is 2. The average molecular weight is 530 g/mol. The third-order valence-electron chi connectivity index (χ3n) is 5.51. The van der Waals surface area contributed by atoms with Crippen LogP contribution in [0.4, 0.5) is 0 Å². The van der Waals surface area contributed by atoms with Crippen molar-refractivity contribution >= 4 is 29.6 Å². The fourth-order valence-electron chi connectivity index (χ4n) is 3.39. The minimum Gasteiger partial charge on any atom is -0.508 e. The molecule has 38 heavy (non-hydrogen) atoms. The zero-order chi connectivity index (χ0) is 28.4. The Bertz CT molecular complexity index is 1150. The Morgan fingerprint density at radius 1 is 0.737 bits per heavy atom. The number of rotatable bonds is 13. The summed E-state index contributed by atoms with van der Waals surface area (Å²) in [4.78, 5) is 61.2. The number of benzene rings is 2. The summed E-state index contributed by atoms with van der Waals surface area (Å²) >= 11 is 0. The van der Waals surface area contributed by atoms with E-state index in [0.717, 1.165) is 0 Å². The largest absolute Gasteiger partial charge is 0.508 e. The van der Waals surface area contributed by atoms with Crippen LogP contribution in [0, 0.1) is 0 Å². The van der Waals surface area contributed by atoms with Crippen LogP contribution in [0.1, 0.15) is 24.5 Å². The molecule has 2 rings (SSSR count). The van der Waals surface area contributed by atoms with Gasteiger partial charge < -0.3 is 42.7 Å². The van der Waals surface area contributed by atoms with E-state index in [-0.39, 0.29) is 24.3 Å². The van der Waals surface area contributed by atoms with Crippen LogP contribution >= 0.6 is 0 Å². The van der Waals surface area contributed by atoms with Crippen molar-refractivity contribution in [2.45, 2.75) is 50.4 Å². The van der Waals surface area contributed by atoms with Gasteiger partial charge in [0.15, 0.2) is 0 Å². The lowest BCUT2D eigenvalue weighted by Gasteiger charge is -2.24. The highest BCUT2D eigenvalue weighted by molar-refractivity contribution is 5.96. The first-order valence-corrected chi connectivity index (χ1v) is 11.6. The Morgan fingerprint density at radius 2 is 1.18 bits per heavy atom. The van der Waals surface area contributed by atoms with Crippen molar-refractivity contribution < 1.29 is 39.3 Å². The minimum atomic E-state index is -1.51. The second-order valence-electron chi connectivity index (χ2n) is 8.71. The van der Waals surface area contributed by atoms with Crippen molar-refractivity contribution in [2.24, 2.45) is 11.5 Å². The fourth-order valence-corrected chi connectivity index (χ4v) is 3.39. The number of hydrogen-bond donors (Lipinski definition) is 8. The summed E-state index contributed by atoms with van der Waals surface area (Å²) in [7, 11) is 0. The number of nitrogens with one attached hydrogen (secondary N) is 3. The number of hydrogen-bond acceptors (Lipinski definition) is 8. The van der Waals surface area contributed by atoms with E-state index in [1.54, 1.807) is 12.1 Å². The van der Waals surface area contributed by atoms with Gasteiger partial charge in [-0.2, -0.15) is 0 Å². The van der Waals surface area contributed by atoms with Gasteiger partial charge in [0.1, 0.15) is 29.6 Å². The number of carbonyl (C=O) groups is 5. The molecule has 0 bridgehead atoms. The molecule has 4 amide bonds. The first kappa shape index (κ1) is 29.6. The molecule has 0 heterocycles. The fraction of sp³-hybridized carbons (Fsp3) is 0.320. The first-order chi connectivity index (χ1) is 17.8. The Kier molecular flexibility index (Phi) is 10.6. The molecule has 10 N–H and O–H groups in total. The number of phenols is 2. The smallest absolute Gasteiger partial charge is 0.325 e. The number of phenolic OH excluding ortho intramolecular Hbond substituents is 2. The van der Waals surface area contributed by atoms with E-state index in [4.69, 9.17) is 16.6 Å². The van der Waals surface area contributed by atoms with Crippen molar-refractivity contribution in [3.8, 4) is 11.5 Å². The van der Waals surface area contributed by atoms with Crippen LogP contribution in [-0.2, 0) is 36.8 Å². The Morgan fingerprint density at radius 3 is 1.66 bits per heavy atom. The topological polar surface area (TPSA) is 234 Å². The maximum Gasteiger partial charge on any atom is 0.325 e. The predicted octanol–water partition coefficient (Wildman–Crippen LogP) is -1.36. The highest BCUT2D eigenvalue weighted by Crippen LogP contribution is 2.13. The lowest BCUT2D eigenvalue weighted by Crippen LogP contribution is -2.58. The zero-order valence-corrected chi connectivity index (χ0v) is 20.6. The molecule has 2 aromatic carbocycles. The number of amides is 4. The SMILES string of the molecule is CC(NC(=O)C(CC(N)=O)NC(=O)C(Cc1ccc(O)cc1)NC(=O)C(N)Cc1ccc(O)cc1)C(=O)O. The molecule has 0 spiro atoms. The summed E-state index contributed by atoms with van der Waals surface area (Å²) in [6.45, 7) is 1.20. The molecular weight excluding hydrogens is 498 g/mol. The van der Waals surface area contributed by atoms with Gasteiger partial charge in [0.25, 0.3) is 0 Å². The quantitative estimate of drug-likeness (QED) is 0.153. The van der Waals surface area contributed by atoms with Gasteiger partial charge in [-0.3, -0.25) is 24.0 Å². The van der Waals surface area contributed by atoms with Crippen LogP contribution in [0.5, 0.6) is 11.5 Å². The van der Waals surface area contributed by atoms with Crippen molar-refractivity contribution in [2.75, 3.05) is 0 Å². The molecular formula is C25H31N5O8. The zero-order valence-electron chi connectivity index (χ0n) is 20.6. The highest BCUT2D eigenvalue weighted by atomic mass is 16.4. The van der Waals surface area contributed by atoms with E-state index >= 15 is 0 Å². The summed E-state index contributed by atoms with van der Waals surface area (Å²) in [6.07, 6.45) is -0.593. The molecule has 0 aliphatic rings. The third-order valence-corrected chi connectivity index (χ3v) is 5.51. The Balaban J connectivity index is 2.22. The third kappa shape index (κ3) is 9.43. The number of carbonyl (C=O) groups excluding carboxylic acids is 4. The van der Waals surface area contributed by atoms with Crippen LogP contribution in [0.2, 0.25) is 0 Å². The lowest BCUT2D eigenvalue weighted by atomic mass is 10.0. The molecule has 13 heteroatoms.